The highest BCUT2D eigenvalue weighted by Gasteiger charge is 2.14. The molecule has 0 radical (unpaired) electrons. The molecule has 2 aromatic carbocycles. The summed E-state index contributed by atoms with van der Waals surface area (Å²) in [4.78, 5) is 11.5. The smallest absolute Gasteiger partial charge is 0.338 e. The largest absolute Gasteiger partial charge is 0.350 e. The van der Waals surface area contributed by atoms with Gasteiger partial charge in [-0.15, -0.1) is 0 Å². The average molecular weight is 259 g/mol. The van der Waals surface area contributed by atoms with E-state index >= 15 is 0 Å². The third-order valence-electron chi connectivity index (χ3n) is 2.66. The van der Waals surface area contributed by atoms with Crippen molar-refractivity contribution in [2.45, 2.75) is 6.92 Å². The van der Waals surface area contributed by atoms with E-state index in [4.69, 9.17) is 5.73 Å². The fourth-order valence-electron chi connectivity index (χ4n) is 1.70. The van der Waals surface area contributed by atoms with E-state index in [0.29, 0.717) is 11.4 Å². The van der Waals surface area contributed by atoms with E-state index in [1.54, 1.807) is 6.07 Å². The fraction of sp³-hybridized carbons (Fsp3) is 0.0714. The zero-order valence-electron chi connectivity index (χ0n) is 10.4. The van der Waals surface area contributed by atoms with E-state index in [9.17, 15) is 9.18 Å². The Hall–Kier alpha value is -2.56. The molecule has 0 aliphatic heterocycles. The molecule has 0 unspecified atom stereocenters. The minimum absolute atomic E-state index is 0.341. The molecular weight excluding hydrogens is 245 g/mol. The number of hydrazine groups is 1. The Morgan fingerprint density at radius 2 is 1.79 bits per heavy atom. The van der Waals surface area contributed by atoms with Gasteiger partial charge in [0.2, 0.25) is 0 Å². The lowest BCUT2D eigenvalue weighted by atomic mass is 10.2. The highest BCUT2D eigenvalue weighted by Crippen LogP contribution is 2.20. The Morgan fingerprint density at radius 1 is 1.16 bits per heavy atom. The van der Waals surface area contributed by atoms with Crippen LogP contribution in [0.2, 0.25) is 0 Å². The molecule has 19 heavy (non-hydrogen) atoms. The second kappa shape index (κ2) is 5.39. The molecule has 0 heterocycles. The number of hydrogen-bond acceptors (Lipinski definition) is 2. The second-order valence-corrected chi connectivity index (χ2v) is 4.08. The number of rotatable bonds is 3. The molecule has 0 fully saturated rings. The van der Waals surface area contributed by atoms with E-state index < -0.39 is 6.03 Å². The first-order chi connectivity index (χ1) is 9.08. The van der Waals surface area contributed by atoms with Crippen LogP contribution < -0.4 is 16.2 Å². The number of primary amides is 1. The highest BCUT2D eigenvalue weighted by atomic mass is 19.1. The minimum atomic E-state index is -0.640. The van der Waals surface area contributed by atoms with E-state index in [1.807, 2.05) is 25.1 Å². The Kier molecular flexibility index (Phi) is 3.66. The standard InChI is InChI=1S/C14H14FN3O/c1-10-4-2-3-5-13(10)18(14(16)19)17-12-8-6-11(15)7-9-12/h2-9,17H,1H3,(H2,16,19). The van der Waals surface area contributed by atoms with E-state index in [2.05, 4.69) is 5.43 Å². The van der Waals surface area contributed by atoms with Crippen LogP contribution in [0.5, 0.6) is 0 Å². The molecule has 3 N–H and O–H groups in total. The summed E-state index contributed by atoms with van der Waals surface area (Å²) >= 11 is 0. The summed E-state index contributed by atoms with van der Waals surface area (Å²) in [5, 5.41) is 1.22. The monoisotopic (exact) mass is 259 g/mol. The van der Waals surface area contributed by atoms with E-state index in [0.717, 1.165) is 5.56 Å². The van der Waals surface area contributed by atoms with Crippen molar-refractivity contribution < 1.29 is 9.18 Å². The molecule has 0 aliphatic rings. The number of amides is 2. The minimum Gasteiger partial charge on any atom is -0.350 e. The number of hydrogen-bond donors (Lipinski definition) is 2. The summed E-state index contributed by atoms with van der Waals surface area (Å²) in [6.07, 6.45) is 0. The van der Waals surface area contributed by atoms with Crippen LogP contribution in [-0.2, 0) is 0 Å². The Balaban J connectivity index is 2.29. The van der Waals surface area contributed by atoms with Gasteiger partial charge in [0.1, 0.15) is 5.82 Å². The van der Waals surface area contributed by atoms with Crippen LogP contribution >= 0.6 is 0 Å². The molecule has 2 amide bonds. The van der Waals surface area contributed by atoms with Crippen LogP contribution in [0.15, 0.2) is 48.5 Å². The number of para-hydroxylation sites is 1. The quantitative estimate of drug-likeness (QED) is 0.832. The topological polar surface area (TPSA) is 58.4 Å². The van der Waals surface area contributed by atoms with Crippen LogP contribution in [0, 0.1) is 12.7 Å². The van der Waals surface area contributed by atoms with E-state index in [-0.39, 0.29) is 5.82 Å². The number of nitrogens with two attached hydrogens (primary N) is 1. The summed E-state index contributed by atoms with van der Waals surface area (Å²) in [6, 6.07) is 12.4. The summed E-state index contributed by atoms with van der Waals surface area (Å²) in [7, 11) is 0. The highest BCUT2D eigenvalue weighted by molar-refractivity contribution is 5.93. The van der Waals surface area contributed by atoms with Crippen molar-refractivity contribution in [3.8, 4) is 0 Å². The lowest BCUT2D eigenvalue weighted by Gasteiger charge is -2.23. The molecule has 2 aromatic rings. The summed E-state index contributed by atoms with van der Waals surface area (Å²) in [6.45, 7) is 1.87. The van der Waals surface area contributed by atoms with Crippen molar-refractivity contribution in [2.75, 3.05) is 10.4 Å². The lowest BCUT2D eigenvalue weighted by molar-refractivity contribution is 0.255. The van der Waals surface area contributed by atoms with E-state index in [1.165, 1.54) is 29.3 Å². The van der Waals surface area contributed by atoms with Gasteiger partial charge in [0.15, 0.2) is 0 Å². The number of benzene rings is 2. The van der Waals surface area contributed by atoms with Gasteiger partial charge in [-0.2, -0.15) is 0 Å². The molecule has 0 aromatic heterocycles. The van der Waals surface area contributed by atoms with Crippen molar-refractivity contribution >= 4 is 17.4 Å². The predicted octanol–water partition coefficient (Wildman–Crippen LogP) is 3.05. The molecule has 0 saturated heterocycles. The maximum Gasteiger partial charge on any atom is 0.338 e. The van der Waals surface area contributed by atoms with Gasteiger partial charge in [0.25, 0.3) is 0 Å². The van der Waals surface area contributed by atoms with Crippen molar-refractivity contribution in [3.05, 3.63) is 59.9 Å². The molecule has 0 bridgehead atoms. The van der Waals surface area contributed by atoms with Crippen molar-refractivity contribution in [2.24, 2.45) is 5.73 Å². The predicted molar refractivity (Wildman–Crippen MR) is 73.3 cm³/mol. The van der Waals surface area contributed by atoms with Gasteiger partial charge in [-0.3, -0.25) is 5.43 Å². The first-order valence-electron chi connectivity index (χ1n) is 5.75. The molecular formula is C14H14FN3O. The fourth-order valence-corrected chi connectivity index (χ4v) is 1.70. The van der Waals surface area contributed by atoms with Crippen molar-refractivity contribution in [3.63, 3.8) is 0 Å². The Bertz CT molecular complexity index is 583. The average Bonchev–Trinajstić information content (AvgIpc) is 2.39. The number of nitrogens with one attached hydrogen (secondary N) is 1. The number of nitrogens with zero attached hydrogens (tertiary/aromatic N) is 1. The van der Waals surface area contributed by atoms with Crippen molar-refractivity contribution in [1.29, 1.82) is 0 Å². The van der Waals surface area contributed by atoms with Gasteiger partial charge in [0, 0.05) is 0 Å². The van der Waals surface area contributed by atoms with Crippen LogP contribution in [0.4, 0.5) is 20.6 Å². The summed E-state index contributed by atoms with van der Waals surface area (Å²) in [5.74, 6) is -0.341. The number of halogens is 1. The van der Waals surface area contributed by atoms with Gasteiger partial charge in [-0.25, -0.2) is 14.2 Å². The number of urea groups is 1. The first kappa shape index (κ1) is 12.9. The molecule has 0 atom stereocenters. The van der Waals surface area contributed by atoms with Gasteiger partial charge in [0.05, 0.1) is 11.4 Å². The maximum atomic E-state index is 12.8. The number of aryl methyl sites for hydroxylation is 1. The zero-order valence-corrected chi connectivity index (χ0v) is 10.4. The molecule has 0 aliphatic carbocycles. The Labute approximate surface area is 110 Å². The van der Waals surface area contributed by atoms with Gasteiger partial charge in [-0.05, 0) is 42.8 Å². The van der Waals surface area contributed by atoms with Crippen LogP contribution in [-0.4, -0.2) is 6.03 Å². The second-order valence-electron chi connectivity index (χ2n) is 4.08. The number of carbonyl (C=O) groups is 1. The van der Waals surface area contributed by atoms with Gasteiger partial charge in [-0.1, -0.05) is 18.2 Å². The van der Waals surface area contributed by atoms with Crippen LogP contribution in [0.3, 0.4) is 0 Å². The third kappa shape index (κ3) is 3.01. The molecule has 4 nitrogen and oxygen atoms in total. The van der Waals surface area contributed by atoms with Gasteiger partial charge >= 0.3 is 6.03 Å². The molecule has 2 rings (SSSR count). The Morgan fingerprint density at radius 3 is 2.37 bits per heavy atom. The van der Waals surface area contributed by atoms with Gasteiger partial charge < -0.3 is 5.73 Å². The molecule has 0 saturated carbocycles. The number of carbonyl (C=O) groups excluding carboxylic acids is 1. The SMILES string of the molecule is Cc1ccccc1N(Nc1ccc(F)cc1)C(N)=O. The first-order valence-corrected chi connectivity index (χ1v) is 5.75. The molecule has 0 spiro atoms. The van der Waals surface area contributed by atoms with Crippen molar-refractivity contribution in [1.82, 2.24) is 0 Å². The molecule has 98 valence electrons. The zero-order chi connectivity index (χ0) is 13.8. The third-order valence-corrected chi connectivity index (χ3v) is 2.66. The normalized spacial score (nSPS) is 10.0. The summed E-state index contributed by atoms with van der Waals surface area (Å²) in [5.41, 5.74) is 10.3. The number of anilines is 2. The van der Waals surface area contributed by atoms with Crippen LogP contribution in [0.25, 0.3) is 0 Å². The molecule has 5 heteroatoms. The lowest BCUT2D eigenvalue weighted by Crippen LogP contribution is -2.40. The van der Waals surface area contributed by atoms with Crippen LogP contribution in [0.1, 0.15) is 5.56 Å². The maximum absolute atomic E-state index is 12.8. The summed E-state index contributed by atoms with van der Waals surface area (Å²) < 4.78 is 12.8.